The highest BCUT2D eigenvalue weighted by molar-refractivity contribution is 9.10. The van der Waals surface area contributed by atoms with Crippen LogP contribution in [-0.2, 0) is 6.54 Å². The van der Waals surface area contributed by atoms with E-state index in [-0.39, 0.29) is 5.56 Å². The Hall–Kier alpha value is -2.53. The summed E-state index contributed by atoms with van der Waals surface area (Å²) in [6, 6.07) is 20.3. The highest BCUT2D eigenvalue weighted by Gasteiger charge is 2.00. The van der Waals surface area contributed by atoms with Gasteiger partial charge in [-0.1, -0.05) is 18.2 Å². The smallest absolute Gasteiger partial charge is 0.250 e. The van der Waals surface area contributed by atoms with Crippen LogP contribution in [-0.4, -0.2) is 11.2 Å². The predicted octanol–water partition coefficient (Wildman–Crippen LogP) is 4.48. The molecule has 24 heavy (non-hydrogen) atoms. The Bertz CT molecular complexity index is 844. The molecule has 0 amide bonds. The summed E-state index contributed by atoms with van der Waals surface area (Å²) in [5.74, 6) is 2.27. The van der Waals surface area contributed by atoms with E-state index in [0.717, 1.165) is 21.7 Å². The SMILES string of the molecule is O=c1ccc(Br)cn1CCOc1ccc(Oc2ccccc2)cc1. The Kier molecular flexibility index (Phi) is 5.33. The van der Waals surface area contributed by atoms with E-state index in [0.29, 0.717) is 13.2 Å². The van der Waals surface area contributed by atoms with Crippen molar-refractivity contribution in [2.24, 2.45) is 0 Å². The highest BCUT2D eigenvalue weighted by atomic mass is 79.9. The minimum Gasteiger partial charge on any atom is -0.492 e. The van der Waals surface area contributed by atoms with Gasteiger partial charge in [-0.25, -0.2) is 0 Å². The van der Waals surface area contributed by atoms with Gasteiger partial charge in [-0.15, -0.1) is 0 Å². The first-order chi connectivity index (χ1) is 11.7. The Morgan fingerprint density at radius 2 is 1.50 bits per heavy atom. The second-order valence-corrected chi connectivity index (χ2v) is 6.03. The van der Waals surface area contributed by atoms with Gasteiger partial charge in [0.1, 0.15) is 23.9 Å². The summed E-state index contributed by atoms with van der Waals surface area (Å²) in [6.45, 7) is 0.899. The first kappa shape index (κ1) is 16.3. The van der Waals surface area contributed by atoms with Gasteiger partial charge < -0.3 is 14.0 Å². The van der Waals surface area contributed by atoms with Gasteiger partial charge in [0.2, 0.25) is 0 Å². The number of aromatic nitrogens is 1. The number of hydrogen-bond donors (Lipinski definition) is 0. The van der Waals surface area contributed by atoms with Gasteiger partial charge in [0, 0.05) is 16.7 Å². The topological polar surface area (TPSA) is 40.5 Å². The summed E-state index contributed by atoms with van der Waals surface area (Å²) in [6.07, 6.45) is 1.75. The van der Waals surface area contributed by atoms with Crippen LogP contribution in [0.2, 0.25) is 0 Å². The van der Waals surface area contributed by atoms with Crippen molar-refractivity contribution < 1.29 is 9.47 Å². The van der Waals surface area contributed by atoms with Crippen molar-refractivity contribution in [1.82, 2.24) is 4.57 Å². The van der Waals surface area contributed by atoms with Crippen LogP contribution >= 0.6 is 15.9 Å². The van der Waals surface area contributed by atoms with Crippen LogP contribution < -0.4 is 15.0 Å². The van der Waals surface area contributed by atoms with Crippen LogP contribution in [0, 0.1) is 0 Å². The number of benzene rings is 2. The summed E-state index contributed by atoms with van der Waals surface area (Å²) in [5, 5.41) is 0. The zero-order chi connectivity index (χ0) is 16.8. The minimum atomic E-state index is -0.0478. The number of hydrogen-bond acceptors (Lipinski definition) is 3. The van der Waals surface area contributed by atoms with Crippen LogP contribution in [0.1, 0.15) is 0 Å². The standard InChI is InChI=1S/C19H16BrNO3/c20-15-6-11-19(22)21(14-15)12-13-23-16-7-9-18(10-8-16)24-17-4-2-1-3-5-17/h1-11,14H,12-13H2. The molecular weight excluding hydrogens is 370 g/mol. The summed E-state index contributed by atoms with van der Waals surface area (Å²) >= 11 is 3.35. The average molecular weight is 386 g/mol. The van der Waals surface area contributed by atoms with E-state index in [9.17, 15) is 4.79 Å². The molecule has 0 spiro atoms. The van der Waals surface area contributed by atoms with Gasteiger partial charge in [0.25, 0.3) is 5.56 Å². The van der Waals surface area contributed by atoms with Crippen LogP contribution in [0.15, 0.2) is 82.2 Å². The fourth-order valence-corrected chi connectivity index (χ4v) is 2.55. The molecule has 5 heteroatoms. The van der Waals surface area contributed by atoms with Crippen molar-refractivity contribution in [3.63, 3.8) is 0 Å². The molecule has 0 bridgehead atoms. The second-order valence-electron chi connectivity index (χ2n) is 5.11. The maximum absolute atomic E-state index is 11.7. The fourth-order valence-electron chi connectivity index (χ4n) is 2.17. The number of pyridine rings is 1. The summed E-state index contributed by atoms with van der Waals surface area (Å²) < 4.78 is 13.9. The number of nitrogens with zero attached hydrogens (tertiary/aromatic N) is 1. The molecule has 1 heterocycles. The normalized spacial score (nSPS) is 10.4. The van der Waals surface area contributed by atoms with Gasteiger partial charge in [0.05, 0.1) is 6.54 Å². The molecule has 2 aromatic carbocycles. The fraction of sp³-hybridized carbons (Fsp3) is 0.105. The minimum absolute atomic E-state index is 0.0478. The third-order valence-electron chi connectivity index (χ3n) is 3.35. The molecule has 0 atom stereocenters. The molecule has 0 saturated heterocycles. The Labute approximate surface area is 148 Å². The maximum atomic E-state index is 11.7. The second kappa shape index (κ2) is 7.84. The van der Waals surface area contributed by atoms with Crippen molar-refractivity contribution in [3.05, 3.63) is 87.8 Å². The number of para-hydroxylation sites is 1. The summed E-state index contributed by atoms with van der Waals surface area (Å²) in [7, 11) is 0. The molecule has 3 aromatic rings. The molecule has 3 rings (SSSR count). The molecule has 0 fully saturated rings. The summed E-state index contributed by atoms with van der Waals surface area (Å²) in [4.78, 5) is 11.7. The first-order valence-electron chi connectivity index (χ1n) is 7.52. The molecule has 0 saturated carbocycles. The van der Waals surface area contributed by atoms with Gasteiger partial charge >= 0.3 is 0 Å². The maximum Gasteiger partial charge on any atom is 0.250 e. The lowest BCUT2D eigenvalue weighted by atomic mass is 10.3. The van der Waals surface area contributed by atoms with E-state index >= 15 is 0 Å². The number of rotatable bonds is 6. The Morgan fingerprint density at radius 3 is 2.25 bits per heavy atom. The van der Waals surface area contributed by atoms with Crippen LogP contribution in [0.3, 0.4) is 0 Å². The zero-order valence-electron chi connectivity index (χ0n) is 12.9. The van der Waals surface area contributed by atoms with E-state index in [1.807, 2.05) is 54.6 Å². The predicted molar refractivity (Wildman–Crippen MR) is 96.9 cm³/mol. The van der Waals surface area contributed by atoms with E-state index < -0.39 is 0 Å². The van der Waals surface area contributed by atoms with Gasteiger partial charge in [-0.3, -0.25) is 4.79 Å². The van der Waals surface area contributed by atoms with Crippen molar-refractivity contribution in [2.75, 3.05) is 6.61 Å². The first-order valence-corrected chi connectivity index (χ1v) is 8.32. The van der Waals surface area contributed by atoms with E-state index in [1.165, 1.54) is 6.07 Å². The molecule has 0 aliphatic heterocycles. The lowest BCUT2D eigenvalue weighted by Crippen LogP contribution is -2.21. The van der Waals surface area contributed by atoms with Gasteiger partial charge in [0.15, 0.2) is 0 Å². The van der Waals surface area contributed by atoms with Crippen molar-refractivity contribution >= 4 is 15.9 Å². The lowest BCUT2D eigenvalue weighted by Gasteiger charge is -2.10. The molecular formula is C19H16BrNO3. The Balaban J connectivity index is 1.55. The van der Waals surface area contributed by atoms with E-state index in [4.69, 9.17) is 9.47 Å². The third-order valence-corrected chi connectivity index (χ3v) is 3.82. The molecule has 0 aliphatic rings. The quantitative estimate of drug-likeness (QED) is 0.627. The molecule has 0 radical (unpaired) electrons. The molecule has 4 nitrogen and oxygen atoms in total. The van der Waals surface area contributed by atoms with Crippen molar-refractivity contribution in [3.8, 4) is 17.2 Å². The van der Waals surface area contributed by atoms with Crippen LogP contribution in [0.25, 0.3) is 0 Å². The largest absolute Gasteiger partial charge is 0.492 e. The van der Waals surface area contributed by atoms with E-state index in [1.54, 1.807) is 16.8 Å². The average Bonchev–Trinajstić information content (AvgIpc) is 2.60. The highest BCUT2D eigenvalue weighted by Crippen LogP contribution is 2.23. The number of ether oxygens (including phenoxy) is 2. The number of halogens is 1. The molecule has 122 valence electrons. The molecule has 1 aromatic heterocycles. The third kappa shape index (κ3) is 4.49. The van der Waals surface area contributed by atoms with Crippen LogP contribution in [0.5, 0.6) is 17.2 Å². The lowest BCUT2D eigenvalue weighted by molar-refractivity contribution is 0.296. The monoisotopic (exact) mass is 385 g/mol. The molecule has 0 aliphatic carbocycles. The van der Waals surface area contributed by atoms with Gasteiger partial charge in [-0.05, 0) is 58.4 Å². The van der Waals surface area contributed by atoms with Crippen molar-refractivity contribution in [1.29, 1.82) is 0 Å². The van der Waals surface area contributed by atoms with E-state index in [2.05, 4.69) is 15.9 Å². The van der Waals surface area contributed by atoms with Crippen LogP contribution in [0.4, 0.5) is 0 Å². The molecule has 0 unspecified atom stereocenters. The van der Waals surface area contributed by atoms with Gasteiger partial charge in [-0.2, -0.15) is 0 Å². The zero-order valence-corrected chi connectivity index (χ0v) is 14.5. The Morgan fingerprint density at radius 1 is 0.833 bits per heavy atom. The van der Waals surface area contributed by atoms with Crippen molar-refractivity contribution in [2.45, 2.75) is 6.54 Å². The molecule has 0 N–H and O–H groups in total. The summed E-state index contributed by atoms with van der Waals surface area (Å²) in [5.41, 5.74) is -0.0478.